The Bertz CT molecular complexity index is 1030. The maximum absolute atomic E-state index is 13.4. The number of carbonyl (C=O) groups excluding carboxylic acids is 3. The normalized spacial score (nSPS) is 22.2. The summed E-state index contributed by atoms with van der Waals surface area (Å²) in [6.07, 6.45) is 4.94. The van der Waals surface area contributed by atoms with E-state index in [0.29, 0.717) is 25.7 Å². The molecule has 3 N–H and O–H groups in total. The van der Waals surface area contributed by atoms with Crippen LogP contribution in [0.5, 0.6) is 0 Å². The van der Waals surface area contributed by atoms with Gasteiger partial charge >= 0.3 is 5.97 Å². The van der Waals surface area contributed by atoms with Crippen LogP contribution < -0.4 is 10.6 Å². The molecule has 0 radical (unpaired) electrons. The Morgan fingerprint density at radius 1 is 1.06 bits per heavy atom. The minimum atomic E-state index is -0.698. The lowest BCUT2D eigenvalue weighted by Gasteiger charge is -2.23. The molecule has 0 bridgehead atoms. The van der Waals surface area contributed by atoms with Crippen LogP contribution in [0.15, 0.2) is 66.7 Å². The van der Waals surface area contributed by atoms with Crippen molar-refractivity contribution in [2.24, 2.45) is 11.8 Å². The first-order valence-electron chi connectivity index (χ1n) is 12.3. The summed E-state index contributed by atoms with van der Waals surface area (Å²) in [5.41, 5.74) is 1.59. The van der Waals surface area contributed by atoms with Gasteiger partial charge in [-0.2, -0.15) is 0 Å². The molecule has 0 unspecified atom stereocenters. The molecule has 36 heavy (non-hydrogen) atoms. The number of ether oxygens (including phenoxy) is 1. The molecule has 0 fully saturated rings. The van der Waals surface area contributed by atoms with Crippen molar-refractivity contribution in [2.45, 2.75) is 38.2 Å². The highest BCUT2D eigenvalue weighted by Gasteiger charge is 2.27. The number of aliphatic hydroxyl groups excluding tert-OH is 1. The number of nitrogens with one attached hydrogen (secondary N) is 2. The summed E-state index contributed by atoms with van der Waals surface area (Å²) >= 11 is 0. The van der Waals surface area contributed by atoms with Crippen LogP contribution in [0.2, 0.25) is 0 Å². The van der Waals surface area contributed by atoms with Crippen molar-refractivity contribution in [3.05, 3.63) is 83.7 Å². The van der Waals surface area contributed by atoms with Gasteiger partial charge in [0, 0.05) is 13.0 Å². The molecular formula is C28H33FN2O5. The molecule has 1 aliphatic heterocycles. The van der Waals surface area contributed by atoms with Gasteiger partial charge in [0.15, 0.2) is 0 Å². The maximum Gasteiger partial charge on any atom is 0.309 e. The number of hydrogen-bond donors (Lipinski definition) is 3. The molecule has 0 saturated heterocycles. The van der Waals surface area contributed by atoms with Crippen LogP contribution >= 0.6 is 0 Å². The highest BCUT2D eigenvalue weighted by Crippen LogP contribution is 2.24. The zero-order valence-electron chi connectivity index (χ0n) is 20.2. The molecule has 2 aromatic rings. The van der Waals surface area contributed by atoms with Crippen LogP contribution in [0.3, 0.4) is 0 Å². The van der Waals surface area contributed by atoms with Crippen LogP contribution in [0, 0.1) is 17.7 Å². The number of amides is 2. The first-order chi connectivity index (χ1) is 17.5. The molecular weight excluding hydrogens is 463 g/mol. The van der Waals surface area contributed by atoms with Gasteiger partial charge in [0.1, 0.15) is 11.9 Å². The summed E-state index contributed by atoms with van der Waals surface area (Å²) in [7, 11) is 0. The van der Waals surface area contributed by atoms with Crippen molar-refractivity contribution in [3.8, 4) is 0 Å². The summed E-state index contributed by atoms with van der Waals surface area (Å²) in [6.45, 7) is 0.0204. The number of cyclic esters (lactones) is 1. The van der Waals surface area contributed by atoms with E-state index in [0.717, 1.165) is 11.1 Å². The summed E-state index contributed by atoms with van der Waals surface area (Å²) in [5, 5.41) is 14.4. The van der Waals surface area contributed by atoms with Gasteiger partial charge in [-0.1, -0.05) is 54.6 Å². The van der Waals surface area contributed by atoms with Crippen molar-refractivity contribution in [1.29, 1.82) is 0 Å². The molecule has 192 valence electrons. The Hall–Kier alpha value is -3.52. The fourth-order valence-electron chi connectivity index (χ4n) is 4.13. The molecule has 0 aromatic heterocycles. The fraction of sp³-hybridized carbons (Fsp3) is 0.393. The third kappa shape index (κ3) is 8.61. The SMILES string of the molecule is O=C(C[C@H]1C/C=C/CC[C@H](Cc2ccc(F)cc2)C(=O)O[C@H](c2ccccc2)CNC1=O)NCCO. The molecule has 3 atom stereocenters. The lowest BCUT2D eigenvalue weighted by Crippen LogP contribution is -2.38. The number of esters is 1. The number of carbonyl (C=O) groups is 3. The minimum Gasteiger partial charge on any atom is -0.455 e. The molecule has 2 aromatic carbocycles. The summed E-state index contributed by atoms with van der Waals surface area (Å²) in [4.78, 5) is 38.4. The van der Waals surface area contributed by atoms with Crippen molar-refractivity contribution in [1.82, 2.24) is 10.6 Å². The second kappa shape index (κ2) is 14.1. The Labute approximate surface area is 210 Å². The average Bonchev–Trinajstić information content (AvgIpc) is 2.90. The first kappa shape index (κ1) is 27.1. The summed E-state index contributed by atoms with van der Waals surface area (Å²) < 4.78 is 19.3. The van der Waals surface area contributed by atoms with Gasteiger partial charge in [-0.15, -0.1) is 0 Å². The summed E-state index contributed by atoms with van der Waals surface area (Å²) in [5.74, 6) is -2.37. The number of rotatable bonds is 7. The Kier molecular flexibility index (Phi) is 10.6. The van der Waals surface area contributed by atoms with Gasteiger partial charge in [0.25, 0.3) is 0 Å². The molecule has 0 aliphatic carbocycles. The van der Waals surface area contributed by atoms with Gasteiger partial charge in [-0.05, 0) is 48.9 Å². The summed E-state index contributed by atoms with van der Waals surface area (Å²) in [6, 6.07) is 15.3. The van der Waals surface area contributed by atoms with Crippen molar-refractivity contribution in [3.63, 3.8) is 0 Å². The largest absolute Gasteiger partial charge is 0.455 e. The Balaban J connectivity index is 1.80. The monoisotopic (exact) mass is 496 g/mol. The Morgan fingerprint density at radius 2 is 1.81 bits per heavy atom. The predicted octanol–water partition coefficient (Wildman–Crippen LogP) is 3.24. The lowest BCUT2D eigenvalue weighted by atomic mass is 9.94. The van der Waals surface area contributed by atoms with E-state index in [1.807, 2.05) is 42.5 Å². The number of halogens is 1. The van der Waals surface area contributed by atoms with Crippen molar-refractivity contribution < 1.29 is 28.6 Å². The van der Waals surface area contributed by atoms with E-state index < -0.39 is 17.9 Å². The molecule has 7 nitrogen and oxygen atoms in total. The van der Waals surface area contributed by atoms with E-state index in [4.69, 9.17) is 9.84 Å². The Morgan fingerprint density at radius 3 is 2.53 bits per heavy atom. The van der Waals surface area contributed by atoms with Crippen LogP contribution in [0.4, 0.5) is 4.39 Å². The van der Waals surface area contributed by atoms with Gasteiger partial charge in [-0.3, -0.25) is 14.4 Å². The molecule has 0 spiro atoms. The zero-order chi connectivity index (χ0) is 25.8. The fourth-order valence-corrected chi connectivity index (χ4v) is 4.13. The highest BCUT2D eigenvalue weighted by atomic mass is 19.1. The van der Waals surface area contributed by atoms with E-state index in [1.165, 1.54) is 12.1 Å². The zero-order valence-corrected chi connectivity index (χ0v) is 20.2. The lowest BCUT2D eigenvalue weighted by molar-refractivity contribution is -0.155. The second-order valence-corrected chi connectivity index (χ2v) is 8.87. The van der Waals surface area contributed by atoms with Crippen LogP contribution in [-0.4, -0.2) is 42.6 Å². The van der Waals surface area contributed by atoms with Gasteiger partial charge < -0.3 is 20.5 Å². The van der Waals surface area contributed by atoms with E-state index in [9.17, 15) is 18.8 Å². The van der Waals surface area contributed by atoms with Crippen LogP contribution in [0.25, 0.3) is 0 Å². The number of hydrogen-bond acceptors (Lipinski definition) is 5. The average molecular weight is 497 g/mol. The quantitative estimate of drug-likeness (QED) is 0.403. The van der Waals surface area contributed by atoms with Gasteiger partial charge in [0.05, 0.1) is 25.0 Å². The molecule has 3 rings (SSSR count). The van der Waals surface area contributed by atoms with Gasteiger partial charge in [0.2, 0.25) is 11.8 Å². The first-order valence-corrected chi connectivity index (χ1v) is 12.3. The topological polar surface area (TPSA) is 105 Å². The standard InChI is InChI=1S/C28H33FN2O5/c29-24-13-11-20(12-14-24)17-23-10-6-2-5-9-22(18-26(33)30-15-16-32)27(34)31-19-25(36-28(23)35)21-7-3-1-4-8-21/h1-5,7-8,11-14,22-23,25,32H,6,9-10,15-19H2,(H,30,33)(H,31,34)/b5-2+/t22-,23-,25+/m1/s1. The van der Waals surface area contributed by atoms with Gasteiger partial charge in [-0.25, -0.2) is 4.39 Å². The van der Waals surface area contributed by atoms with Crippen molar-refractivity contribution >= 4 is 17.8 Å². The molecule has 8 heteroatoms. The van der Waals surface area contributed by atoms with E-state index >= 15 is 0 Å². The number of benzene rings is 2. The van der Waals surface area contributed by atoms with Crippen molar-refractivity contribution in [2.75, 3.05) is 19.7 Å². The van der Waals surface area contributed by atoms with Crippen LogP contribution in [-0.2, 0) is 25.5 Å². The molecule has 1 aliphatic rings. The van der Waals surface area contributed by atoms with Crippen LogP contribution in [0.1, 0.15) is 42.9 Å². The number of allylic oxidation sites excluding steroid dienone is 2. The highest BCUT2D eigenvalue weighted by molar-refractivity contribution is 5.86. The predicted molar refractivity (Wildman–Crippen MR) is 133 cm³/mol. The molecule has 2 amide bonds. The maximum atomic E-state index is 13.4. The minimum absolute atomic E-state index is 0.0147. The third-order valence-electron chi connectivity index (χ3n) is 6.13. The second-order valence-electron chi connectivity index (χ2n) is 8.87. The molecule has 1 heterocycles. The van der Waals surface area contributed by atoms with E-state index in [2.05, 4.69) is 10.6 Å². The number of aliphatic hydroxyl groups is 1. The third-order valence-corrected chi connectivity index (χ3v) is 6.13. The molecule has 0 saturated carbocycles. The van der Waals surface area contributed by atoms with E-state index in [1.54, 1.807) is 12.1 Å². The smallest absolute Gasteiger partial charge is 0.309 e. The van der Waals surface area contributed by atoms with E-state index in [-0.39, 0.29) is 49.7 Å².